The maximum atomic E-state index is 13.6. The number of aliphatic hydroxyl groups excluding tert-OH is 1. The third kappa shape index (κ3) is 7.18. The molecule has 0 saturated carbocycles. The number of hydrogen-bond donors (Lipinski definition) is 3. The Morgan fingerprint density at radius 3 is 2.70 bits per heavy atom. The fourth-order valence-electron chi connectivity index (χ4n) is 6.31. The number of aliphatic hydroxyl groups is 1. The van der Waals surface area contributed by atoms with Gasteiger partial charge < -0.3 is 25.0 Å². The lowest BCUT2D eigenvalue weighted by Gasteiger charge is -2.38. The molecule has 4 atom stereocenters. The van der Waals surface area contributed by atoms with Gasteiger partial charge in [0.2, 0.25) is 5.91 Å². The Morgan fingerprint density at radius 2 is 1.98 bits per heavy atom. The summed E-state index contributed by atoms with van der Waals surface area (Å²) in [7, 11) is 1.60. The van der Waals surface area contributed by atoms with Crippen molar-refractivity contribution in [2.24, 2.45) is 11.3 Å². The summed E-state index contributed by atoms with van der Waals surface area (Å²) in [6, 6.07) is 14.2. The smallest absolute Gasteiger partial charge is 0.321 e. The Bertz CT molecular complexity index is 1770. The van der Waals surface area contributed by atoms with Crippen LogP contribution >= 0.6 is 11.6 Å². The molecule has 244 valence electrons. The number of ether oxygens (including phenoxy) is 2. The molecule has 1 fully saturated rings. The van der Waals surface area contributed by atoms with Gasteiger partial charge in [0.15, 0.2) is 0 Å². The van der Waals surface area contributed by atoms with E-state index in [0.717, 1.165) is 16.7 Å². The van der Waals surface area contributed by atoms with E-state index in [9.17, 15) is 25.1 Å². The van der Waals surface area contributed by atoms with Crippen molar-refractivity contribution in [1.82, 2.24) is 15.2 Å². The highest BCUT2D eigenvalue weighted by molar-refractivity contribution is 6.32. The van der Waals surface area contributed by atoms with Crippen LogP contribution in [0.1, 0.15) is 41.2 Å². The number of carbonyl (C=O) groups is 2. The summed E-state index contributed by atoms with van der Waals surface area (Å²) in [4.78, 5) is 31.3. The van der Waals surface area contributed by atoms with Crippen LogP contribution in [0.3, 0.4) is 0 Å². The predicted molar refractivity (Wildman–Crippen MR) is 177 cm³/mol. The molecule has 5 rings (SSSR count). The SMILES string of the molecule is CNC(=O)C1(COc2cc(OCc3cncc(C#N)c3)c(CN3C[C@H](O)C[C@H]3C(=O)O)cc2Cl)C=CC=C(c2ccccc2C)C1C. The van der Waals surface area contributed by atoms with Crippen LogP contribution in [0.5, 0.6) is 11.5 Å². The molecule has 0 radical (unpaired) electrons. The van der Waals surface area contributed by atoms with Gasteiger partial charge >= 0.3 is 5.97 Å². The molecule has 3 N–H and O–H groups in total. The largest absolute Gasteiger partial charge is 0.490 e. The van der Waals surface area contributed by atoms with E-state index in [0.29, 0.717) is 22.4 Å². The van der Waals surface area contributed by atoms with Crippen LogP contribution in [0, 0.1) is 29.6 Å². The Kier molecular flexibility index (Phi) is 10.3. The lowest BCUT2D eigenvalue weighted by Crippen LogP contribution is -2.48. The number of aryl methyl sites for hydroxylation is 1. The summed E-state index contributed by atoms with van der Waals surface area (Å²) in [5.41, 5.74) is 3.73. The first kappa shape index (κ1) is 33.7. The fraction of sp³-hybridized carbons (Fsp3) is 0.333. The molecule has 3 aromatic rings. The molecule has 1 amide bonds. The summed E-state index contributed by atoms with van der Waals surface area (Å²) in [6.07, 6.45) is 8.15. The van der Waals surface area contributed by atoms with Gasteiger partial charge in [-0.05, 0) is 35.8 Å². The van der Waals surface area contributed by atoms with Crippen LogP contribution in [0.2, 0.25) is 5.02 Å². The van der Waals surface area contributed by atoms with E-state index in [1.165, 1.54) is 6.20 Å². The van der Waals surface area contributed by atoms with Crippen LogP contribution < -0.4 is 14.8 Å². The number of nitrogens with one attached hydrogen (secondary N) is 1. The number of carboxylic acids is 1. The Balaban J connectivity index is 1.46. The maximum Gasteiger partial charge on any atom is 0.321 e. The minimum absolute atomic E-state index is 0.0282. The lowest BCUT2D eigenvalue weighted by atomic mass is 9.68. The number of pyridine rings is 1. The fourth-order valence-corrected chi connectivity index (χ4v) is 6.55. The second-order valence-corrected chi connectivity index (χ2v) is 12.4. The van der Waals surface area contributed by atoms with Crippen LogP contribution in [0.15, 0.2) is 73.1 Å². The van der Waals surface area contributed by atoms with E-state index in [1.54, 1.807) is 36.3 Å². The van der Waals surface area contributed by atoms with Gasteiger partial charge in [0, 0.05) is 62.1 Å². The third-order valence-electron chi connectivity index (χ3n) is 8.95. The predicted octanol–water partition coefficient (Wildman–Crippen LogP) is 4.91. The second-order valence-electron chi connectivity index (χ2n) is 12.0. The summed E-state index contributed by atoms with van der Waals surface area (Å²) >= 11 is 6.79. The maximum absolute atomic E-state index is 13.6. The van der Waals surface area contributed by atoms with Crippen LogP contribution in [0.4, 0.5) is 0 Å². The first-order chi connectivity index (χ1) is 22.6. The number of halogens is 1. The molecule has 2 aromatic carbocycles. The molecule has 1 aliphatic heterocycles. The van der Waals surface area contributed by atoms with E-state index < -0.39 is 23.5 Å². The highest BCUT2D eigenvalue weighted by Gasteiger charge is 2.45. The van der Waals surface area contributed by atoms with Gasteiger partial charge in [-0.25, -0.2) is 0 Å². The molecule has 0 spiro atoms. The van der Waals surface area contributed by atoms with Gasteiger partial charge in [-0.3, -0.25) is 19.5 Å². The summed E-state index contributed by atoms with van der Waals surface area (Å²) in [6.45, 7) is 4.40. The van der Waals surface area contributed by atoms with Gasteiger partial charge in [-0.1, -0.05) is 61.0 Å². The Morgan fingerprint density at radius 1 is 1.19 bits per heavy atom. The minimum Gasteiger partial charge on any atom is -0.490 e. The highest BCUT2D eigenvalue weighted by atomic mass is 35.5. The van der Waals surface area contributed by atoms with Crippen molar-refractivity contribution in [1.29, 1.82) is 5.26 Å². The monoisotopic (exact) mass is 656 g/mol. The number of allylic oxidation sites excluding steroid dienone is 3. The molecular weight excluding hydrogens is 620 g/mol. The van der Waals surface area contributed by atoms with E-state index in [-0.39, 0.29) is 55.3 Å². The van der Waals surface area contributed by atoms with Crippen LogP contribution in [0.25, 0.3) is 5.57 Å². The second kappa shape index (κ2) is 14.4. The molecule has 1 saturated heterocycles. The molecule has 0 bridgehead atoms. The van der Waals surface area contributed by atoms with Crippen molar-refractivity contribution >= 4 is 29.1 Å². The van der Waals surface area contributed by atoms with Gasteiger partial charge in [-0.2, -0.15) is 5.26 Å². The van der Waals surface area contributed by atoms with Crippen molar-refractivity contribution in [3.63, 3.8) is 0 Å². The standard InChI is InChI=1S/C36H37ClN4O6/c1-22-7-4-5-8-28(22)29-9-6-10-36(23(29)2,35(45)39-3)21-47-33-14-32(46-20-25-11-24(15-38)16-40-17-25)26(12-30(33)37)18-41-19-27(42)13-31(41)34(43)44/h4-12,14,16-17,23,27,31,42H,13,18-21H2,1-3H3,(H,39,45)(H,43,44)/t23?,27-,31+,36?/m1/s1. The molecular formula is C36H37ClN4O6. The van der Waals surface area contributed by atoms with Crippen LogP contribution in [-0.2, 0) is 22.7 Å². The summed E-state index contributed by atoms with van der Waals surface area (Å²) < 4.78 is 12.6. The number of nitriles is 1. The summed E-state index contributed by atoms with van der Waals surface area (Å²) in [5.74, 6) is -0.832. The van der Waals surface area contributed by atoms with E-state index in [2.05, 4.69) is 16.4 Å². The number of carbonyl (C=O) groups excluding carboxylic acids is 1. The van der Waals surface area contributed by atoms with E-state index in [4.69, 9.17) is 21.1 Å². The van der Waals surface area contributed by atoms with E-state index >= 15 is 0 Å². The van der Waals surface area contributed by atoms with Gasteiger partial charge in [0.1, 0.15) is 42.2 Å². The molecule has 47 heavy (non-hydrogen) atoms. The van der Waals surface area contributed by atoms with Gasteiger partial charge in [0.25, 0.3) is 0 Å². The molecule has 1 aromatic heterocycles. The Hall–Kier alpha value is -4.69. The topological polar surface area (TPSA) is 145 Å². The third-order valence-corrected chi connectivity index (χ3v) is 9.25. The van der Waals surface area contributed by atoms with E-state index in [1.807, 2.05) is 56.3 Å². The molecule has 2 unspecified atom stereocenters. The minimum atomic E-state index is -1.06. The highest BCUT2D eigenvalue weighted by Crippen LogP contribution is 2.44. The number of aliphatic carboxylic acids is 1. The van der Waals surface area contributed by atoms with Crippen molar-refractivity contribution in [3.8, 4) is 17.6 Å². The van der Waals surface area contributed by atoms with Gasteiger partial charge in [-0.15, -0.1) is 0 Å². The van der Waals surface area contributed by atoms with Gasteiger partial charge in [0.05, 0.1) is 16.7 Å². The quantitative estimate of drug-likeness (QED) is 0.262. The molecule has 2 heterocycles. The average Bonchev–Trinajstić information content (AvgIpc) is 3.44. The first-order valence-electron chi connectivity index (χ1n) is 15.3. The van der Waals surface area contributed by atoms with Crippen LogP contribution in [-0.4, -0.2) is 64.3 Å². The van der Waals surface area contributed by atoms with Crippen molar-refractivity contribution in [2.45, 2.75) is 45.6 Å². The number of aromatic nitrogens is 1. The molecule has 11 heteroatoms. The number of carboxylic acid groups (broad SMARTS) is 1. The summed E-state index contributed by atoms with van der Waals surface area (Å²) in [5, 5.41) is 32.3. The Labute approximate surface area is 278 Å². The molecule has 2 aliphatic rings. The first-order valence-corrected chi connectivity index (χ1v) is 15.7. The number of nitrogens with zero attached hydrogens (tertiary/aromatic N) is 3. The lowest BCUT2D eigenvalue weighted by molar-refractivity contribution is -0.142. The number of likely N-dealkylation sites (tertiary alicyclic amines) is 1. The normalized spacial score (nSPS) is 22.3. The van der Waals surface area contributed by atoms with Crippen molar-refractivity contribution in [3.05, 3.63) is 106 Å². The number of benzene rings is 2. The zero-order valence-corrected chi connectivity index (χ0v) is 27.2. The number of rotatable bonds is 11. The number of hydrogen-bond acceptors (Lipinski definition) is 8. The van der Waals surface area contributed by atoms with Crippen molar-refractivity contribution < 1.29 is 29.3 Å². The molecule has 10 nitrogen and oxygen atoms in total. The number of β-amino-alcohol motifs (C(OH)–C–C–N with tert-alkyl or cyclic N) is 1. The zero-order valence-electron chi connectivity index (χ0n) is 26.4. The molecule has 1 aliphatic carbocycles. The average molecular weight is 657 g/mol. The van der Waals surface area contributed by atoms with Crippen molar-refractivity contribution in [2.75, 3.05) is 20.2 Å². The number of amides is 1. The zero-order chi connectivity index (χ0) is 33.7.